The number of anilines is 1. The summed E-state index contributed by atoms with van der Waals surface area (Å²) in [6.07, 6.45) is 0. The fourth-order valence-corrected chi connectivity index (χ4v) is 3.87. The predicted octanol–water partition coefficient (Wildman–Crippen LogP) is 4.13. The number of nitrogens with one attached hydrogen (secondary N) is 1. The van der Waals surface area contributed by atoms with Gasteiger partial charge < -0.3 is 13.9 Å². The summed E-state index contributed by atoms with van der Waals surface area (Å²) in [5.74, 6) is 1.61. The van der Waals surface area contributed by atoms with Crippen LogP contribution in [0.2, 0.25) is 0 Å². The van der Waals surface area contributed by atoms with Gasteiger partial charge in [-0.2, -0.15) is 0 Å². The van der Waals surface area contributed by atoms with Crippen LogP contribution in [0.15, 0.2) is 88.2 Å². The molecular weight excluding hydrogens is 418 g/mol. The highest BCUT2D eigenvalue weighted by atomic mass is 32.2. The van der Waals surface area contributed by atoms with Crippen LogP contribution < -0.4 is 14.2 Å². The van der Waals surface area contributed by atoms with Gasteiger partial charge in [0.25, 0.3) is 15.9 Å². The molecule has 0 radical (unpaired) electrons. The Labute approximate surface area is 179 Å². The number of ether oxygens (including phenoxy) is 2. The average Bonchev–Trinajstić information content (AvgIpc) is 3.27. The van der Waals surface area contributed by atoms with Crippen molar-refractivity contribution in [1.29, 1.82) is 0 Å². The van der Waals surface area contributed by atoms with E-state index in [9.17, 15) is 8.42 Å². The highest BCUT2D eigenvalue weighted by Gasteiger charge is 2.15. The predicted molar refractivity (Wildman–Crippen MR) is 114 cm³/mol. The Morgan fingerprint density at radius 3 is 2.48 bits per heavy atom. The Kier molecular flexibility index (Phi) is 5.85. The molecule has 0 fully saturated rings. The first-order valence-corrected chi connectivity index (χ1v) is 10.8. The van der Waals surface area contributed by atoms with Gasteiger partial charge in [-0.25, -0.2) is 8.42 Å². The number of rotatable bonds is 8. The summed E-state index contributed by atoms with van der Waals surface area (Å²) in [5.41, 5.74) is 1.17. The van der Waals surface area contributed by atoms with E-state index in [-0.39, 0.29) is 11.5 Å². The van der Waals surface area contributed by atoms with Gasteiger partial charge in [0.2, 0.25) is 5.89 Å². The molecule has 0 amide bonds. The number of hydrogen-bond acceptors (Lipinski definition) is 7. The molecular formula is C22H19N3O5S. The molecule has 0 saturated heterocycles. The maximum absolute atomic E-state index is 12.7. The lowest BCUT2D eigenvalue weighted by atomic mass is 10.2. The molecule has 1 N–H and O–H groups in total. The van der Waals surface area contributed by atoms with Gasteiger partial charge in [-0.05, 0) is 36.4 Å². The molecule has 0 bridgehead atoms. The van der Waals surface area contributed by atoms with Gasteiger partial charge in [-0.3, -0.25) is 4.72 Å². The van der Waals surface area contributed by atoms with Crippen LogP contribution in [-0.2, 0) is 16.6 Å². The highest BCUT2D eigenvalue weighted by molar-refractivity contribution is 7.92. The molecule has 4 rings (SSSR count). The molecule has 0 aliphatic heterocycles. The summed E-state index contributed by atoms with van der Waals surface area (Å²) in [5, 5.41) is 7.99. The summed E-state index contributed by atoms with van der Waals surface area (Å²) in [4.78, 5) is 0.0949. The topological polar surface area (TPSA) is 104 Å². The van der Waals surface area contributed by atoms with Crippen LogP contribution in [0.25, 0.3) is 11.5 Å². The van der Waals surface area contributed by atoms with Gasteiger partial charge in [0, 0.05) is 17.7 Å². The quantitative estimate of drug-likeness (QED) is 0.442. The van der Waals surface area contributed by atoms with Crippen LogP contribution in [-0.4, -0.2) is 25.7 Å². The molecule has 1 heterocycles. The molecule has 0 atom stereocenters. The molecule has 0 saturated carbocycles. The molecule has 31 heavy (non-hydrogen) atoms. The van der Waals surface area contributed by atoms with Crippen molar-refractivity contribution >= 4 is 15.7 Å². The van der Waals surface area contributed by atoms with Crippen molar-refractivity contribution in [2.24, 2.45) is 0 Å². The van der Waals surface area contributed by atoms with Crippen molar-refractivity contribution in [3.63, 3.8) is 0 Å². The number of sulfonamides is 1. The molecule has 0 spiro atoms. The third-order valence-corrected chi connectivity index (χ3v) is 5.67. The molecule has 0 unspecified atom stereocenters. The Balaban J connectivity index is 1.43. The first-order chi connectivity index (χ1) is 15.0. The number of aromatic nitrogens is 2. The van der Waals surface area contributed by atoms with E-state index in [1.165, 1.54) is 19.2 Å². The van der Waals surface area contributed by atoms with E-state index < -0.39 is 10.0 Å². The van der Waals surface area contributed by atoms with Crippen LogP contribution >= 0.6 is 0 Å². The minimum atomic E-state index is -3.78. The maximum Gasteiger partial charge on any atom is 0.262 e. The van der Waals surface area contributed by atoms with Gasteiger partial charge in [0.15, 0.2) is 6.61 Å². The Bertz CT molecular complexity index is 1270. The van der Waals surface area contributed by atoms with Gasteiger partial charge >= 0.3 is 0 Å². The molecule has 158 valence electrons. The summed E-state index contributed by atoms with van der Waals surface area (Å²) in [7, 11) is -2.31. The zero-order valence-corrected chi connectivity index (χ0v) is 17.4. The lowest BCUT2D eigenvalue weighted by Crippen LogP contribution is -2.13. The molecule has 3 aromatic carbocycles. The number of hydrogen-bond donors (Lipinski definition) is 1. The van der Waals surface area contributed by atoms with Gasteiger partial charge in [-0.15, -0.1) is 10.2 Å². The van der Waals surface area contributed by atoms with E-state index in [0.29, 0.717) is 29.0 Å². The first kappa shape index (κ1) is 20.4. The summed E-state index contributed by atoms with van der Waals surface area (Å²) < 4.78 is 44.2. The molecule has 0 aliphatic rings. The maximum atomic E-state index is 12.7. The lowest BCUT2D eigenvalue weighted by molar-refractivity contribution is 0.264. The summed E-state index contributed by atoms with van der Waals surface area (Å²) >= 11 is 0. The second-order valence-corrected chi connectivity index (χ2v) is 8.15. The van der Waals surface area contributed by atoms with Crippen molar-refractivity contribution in [2.45, 2.75) is 11.5 Å². The highest BCUT2D eigenvalue weighted by Crippen LogP contribution is 2.24. The summed E-state index contributed by atoms with van der Waals surface area (Å²) in [6, 6.07) is 22.2. The second-order valence-electron chi connectivity index (χ2n) is 6.47. The minimum Gasteiger partial charge on any atom is -0.497 e. The number of methoxy groups -OCH3 is 1. The Morgan fingerprint density at radius 2 is 1.68 bits per heavy atom. The van der Waals surface area contributed by atoms with Gasteiger partial charge in [0.1, 0.15) is 11.5 Å². The van der Waals surface area contributed by atoms with E-state index in [1.807, 2.05) is 30.3 Å². The van der Waals surface area contributed by atoms with Crippen molar-refractivity contribution in [2.75, 3.05) is 11.8 Å². The fraction of sp³-hybridized carbons (Fsp3) is 0.0909. The molecule has 8 nitrogen and oxygen atoms in total. The average molecular weight is 437 g/mol. The van der Waals surface area contributed by atoms with Crippen LogP contribution in [0.5, 0.6) is 11.5 Å². The van der Waals surface area contributed by atoms with E-state index in [0.717, 1.165) is 5.56 Å². The number of nitrogens with zero attached hydrogens (tertiary/aromatic N) is 2. The van der Waals surface area contributed by atoms with Crippen LogP contribution in [0.1, 0.15) is 5.89 Å². The van der Waals surface area contributed by atoms with Gasteiger partial charge in [-0.1, -0.05) is 30.3 Å². The largest absolute Gasteiger partial charge is 0.497 e. The van der Waals surface area contributed by atoms with Gasteiger partial charge in [0.05, 0.1) is 17.7 Å². The summed E-state index contributed by atoms with van der Waals surface area (Å²) in [6.45, 7) is 0.0475. The smallest absolute Gasteiger partial charge is 0.262 e. The zero-order chi connectivity index (χ0) is 21.7. The standard InChI is InChI=1S/C22H19N3O5S/c1-28-18-10-6-12-20(14-18)31(26,27)25-17-9-5-11-19(13-17)29-15-21-23-24-22(30-21)16-7-3-2-4-8-16/h2-14,25H,15H2,1H3. The third-order valence-electron chi connectivity index (χ3n) is 4.29. The monoisotopic (exact) mass is 437 g/mol. The van der Waals surface area contributed by atoms with Crippen molar-refractivity contribution < 1.29 is 22.3 Å². The molecule has 1 aromatic heterocycles. The molecule has 0 aliphatic carbocycles. The van der Waals surface area contributed by atoms with Crippen LogP contribution in [0.4, 0.5) is 5.69 Å². The van der Waals surface area contributed by atoms with E-state index in [4.69, 9.17) is 13.9 Å². The normalized spacial score (nSPS) is 11.1. The van der Waals surface area contributed by atoms with E-state index >= 15 is 0 Å². The Morgan fingerprint density at radius 1 is 0.903 bits per heavy atom. The van der Waals surface area contributed by atoms with Crippen LogP contribution in [0.3, 0.4) is 0 Å². The Hall–Kier alpha value is -3.85. The second kappa shape index (κ2) is 8.88. The number of benzene rings is 3. The zero-order valence-electron chi connectivity index (χ0n) is 16.6. The lowest BCUT2D eigenvalue weighted by Gasteiger charge is -2.10. The molecule has 4 aromatic rings. The van der Waals surface area contributed by atoms with Crippen molar-refractivity contribution in [1.82, 2.24) is 10.2 Å². The van der Waals surface area contributed by atoms with E-state index in [2.05, 4.69) is 14.9 Å². The van der Waals surface area contributed by atoms with E-state index in [1.54, 1.807) is 36.4 Å². The fourth-order valence-electron chi connectivity index (χ4n) is 2.79. The van der Waals surface area contributed by atoms with Crippen molar-refractivity contribution in [3.8, 4) is 23.0 Å². The first-order valence-electron chi connectivity index (χ1n) is 9.31. The van der Waals surface area contributed by atoms with Crippen molar-refractivity contribution in [3.05, 3.63) is 84.8 Å². The third kappa shape index (κ3) is 5.01. The molecule has 9 heteroatoms. The minimum absolute atomic E-state index is 0.0475. The van der Waals surface area contributed by atoms with Crippen LogP contribution in [0, 0.1) is 0 Å². The SMILES string of the molecule is COc1cccc(S(=O)(=O)Nc2cccc(OCc3nnc(-c4ccccc4)o3)c2)c1.